The van der Waals surface area contributed by atoms with Gasteiger partial charge in [-0.3, -0.25) is 4.79 Å². The number of carbonyl (C=O) groups excluding carboxylic acids is 1. The summed E-state index contributed by atoms with van der Waals surface area (Å²) >= 11 is 1.68. The van der Waals surface area contributed by atoms with Gasteiger partial charge in [0, 0.05) is 16.9 Å². The first-order valence-electron chi connectivity index (χ1n) is 12.1. The zero-order valence-corrected chi connectivity index (χ0v) is 21.7. The van der Waals surface area contributed by atoms with Crippen LogP contribution in [0.15, 0.2) is 36.4 Å². The van der Waals surface area contributed by atoms with Crippen LogP contribution in [0.25, 0.3) is 10.6 Å². The first-order chi connectivity index (χ1) is 17.0. The van der Waals surface area contributed by atoms with Crippen LogP contribution in [0, 0.1) is 13.8 Å². The van der Waals surface area contributed by atoms with Gasteiger partial charge in [0.25, 0.3) is 0 Å². The molecule has 1 atom stereocenters. The summed E-state index contributed by atoms with van der Waals surface area (Å²) in [6, 6.07) is 12.1. The molecule has 2 aromatic carbocycles. The van der Waals surface area contributed by atoms with Crippen LogP contribution in [-0.2, 0) is 16.0 Å². The van der Waals surface area contributed by atoms with E-state index in [4.69, 9.17) is 18.9 Å². The smallest absolute Gasteiger partial charge is 0.306 e. The highest BCUT2D eigenvalue weighted by atomic mass is 32.1. The molecule has 0 aliphatic heterocycles. The number of fused-ring (bicyclic) bond motifs is 1. The molecule has 0 bridgehead atoms. The molecule has 0 saturated heterocycles. The second kappa shape index (κ2) is 11.6. The lowest BCUT2D eigenvalue weighted by molar-refractivity contribution is -0.143. The Morgan fingerprint density at radius 2 is 1.91 bits per heavy atom. The monoisotopic (exact) mass is 495 g/mol. The quantitative estimate of drug-likeness (QED) is 0.231. The van der Waals surface area contributed by atoms with Crippen LogP contribution in [0.5, 0.6) is 17.2 Å². The minimum absolute atomic E-state index is 0.120. The molecule has 35 heavy (non-hydrogen) atoms. The molecule has 1 heterocycles. The highest BCUT2D eigenvalue weighted by Gasteiger charge is 2.25. The van der Waals surface area contributed by atoms with E-state index in [9.17, 15) is 4.79 Å². The maximum atomic E-state index is 11.8. The van der Waals surface area contributed by atoms with Gasteiger partial charge in [0.1, 0.15) is 10.8 Å². The molecule has 186 valence electrons. The van der Waals surface area contributed by atoms with Crippen LogP contribution in [0.2, 0.25) is 0 Å². The lowest BCUT2D eigenvalue weighted by atomic mass is 9.98. The van der Waals surface area contributed by atoms with Gasteiger partial charge in [-0.15, -0.1) is 11.3 Å². The number of benzene rings is 2. The average Bonchev–Trinajstić information content (AvgIpc) is 3.41. The summed E-state index contributed by atoms with van der Waals surface area (Å²) in [5.41, 5.74) is 4.60. The third-order valence-electron chi connectivity index (χ3n) is 6.29. The van der Waals surface area contributed by atoms with E-state index in [0.717, 1.165) is 41.3 Å². The van der Waals surface area contributed by atoms with Crippen molar-refractivity contribution >= 4 is 17.3 Å². The maximum absolute atomic E-state index is 11.8. The summed E-state index contributed by atoms with van der Waals surface area (Å²) in [4.78, 5) is 17.7. The average molecular weight is 496 g/mol. The number of thiazole rings is 1. The fraction of sp³-hybridized carbons (Fsp3) is 0.429. The van der Waals surface area contributed by atoms with Crippen LogP contribution >= 0.6 is 11.3 Å². The predicted octanol–water partition coefficient (Wildman–Crippen LogP) is 6.27. The molecule has 0 unspecified atom stereocenters. The summed E-state index contributed by atoms with van der Waals surface area (Å²) in [5.74, 6) is 2.40. The number of methoxy groups -OCH3 is 1. The lowest BCUT2D eigenvalue weighted by Crippen LogP contribution is -2.08. The van der Waals surface area contributed by atoms with Crippen molar-refractivity contribution in [2.45, 2.75) is 52.4 Å². The number of hydrogen-bond acceptors (Lipinski definition) is 7. The fourth-order valence-corrected chi connectivity index (χ4v) is 5.26. The van der Waals surface area contributed by atoms with Crippen molar-refractivity contribution in [3.63, 3.8) is 0 Å². The summed E-state index contributed by atoms with van der Waals surface area (Å²) in [6.45, 7) is 7.46. The van der Waals surface area contributed by atoms with E-state index < -0.39 is 0 Å². The SMILES string of the molecule is CCOC(=O)C[C@@H]1CCc2cc(OCCCOc3ccc(-c4nc(C)c(C)s4)cc3OC)ccc21. The molecule has 1 aliphatic rings. The number of ether oxygens (including phenoxy) is 4. The number of rotatable bonds is 11. The van der Waals surface area contributed by atoms with Crippen LogP contribution in [0.3, 0.4) is 0 Å². The number of esters is 1. The maximum Gasteiger partial charge on any atom is 0.306 e. The number of nitrogens with zero attached hydrogens (tertiary/aromatic N) is 1. The standard InChI is InChI=1S/C28H33NO5S/c1-5-32-27(30)17-21-8-7-20-15-23(10-11-24(20)21)33-13-6-14-34-25-12-9-22(16-26(25)31-4)28-29-18(2)19(3)35-28/h9-12,15-16,21H,5-8,13-14,17H2,1-4H3/t21-/m0/s1. The molecule has 3 aromatic rings. The van der Waals surface area contributed by atoms with Gasteiger partial charge in [-0.1, -0.05) is 6.07 Å². The first kappa shape index (κ1) is 25.0. The molecule has 0 amide bonds. The van der Waals surface area contributed by atoms with Crippen LogP contribution in [0.4, 0.5) is 0 Å². The highest BCUT2D eigenvalue weighted by molar-refractivity contribution is 7.15. The molecular formula is C28H33NO5S. The molecule has 0 radical (unpaired) electrons. The number of aromatic nitrogens is 1. The third-order valence-corrected chi connectivity index (χ3v) is 7.41. The molecule has 0 spiro atoms. The van der Waals surface area contributed by atoms with Crippen molar-refractivity contribution in [1.29, 1.82) is 0 Å². The second-order valence-electron chi connectivity index (χ2n) is 8.68. The number of aryl methyl sites for hydroxylation is 3. The summed E-state index contributed by atoms with van der Waals surface area (Å²) in [6.07, 6.45) is 3.15. The van der Waals surface area contributed by atoms with Crippen molar-refractivity contribution in [2.75, 3.05) is 26.9 Å². The van der Waals surface area contributed by atoms with E-state index in [2.05, 4.69) is 24.0 Å². The van der Waals surface area contributed by atoms with Gasteiger partial charge in [0.05, 0.1) is 39.0 Å². The summed E-state index contributed by atoms with van der Waals surface area (Å²) < 4.78 is 22.6. The van der Waals surface area contributed by atoms with E-state index in [1.54, 1.807) is 18.4 Å². The fourth-order valence-electron chi connectivity index (χ4n) is 4.35. The van der Waals surface area contributed by atoms with Crippen LogP contribution in [0.1, 0.15) is 53.8 Å². The Morgan fingerprint density at radius 1 is 1.09 bits per heavy atom. The normalized spacial score (nSPS) is 14.5. The first-order valence-corrected chi connectivity index (χ1v) is 13.0. The van der Waals surface area contributed by atoms with Gasteiger partial charge in [-0.2, -0.15) is 0 Å². The van der Waals surface area contributed by atoms with E-state index >= 15 is 0 Å². The number of hydrogen-bond donors (Lipinski definition) is 0. The Morgan fingerprint density at radius 3 is 2.66 bits per heavy atom. The van der Waals surface area contributed by atoms with Gasteiger partial charge < -0.3 is 18.9 Å². The van der Waals surface area contributed by atoms with Gasteiger partial charge >= 0.3 is 5.97 Å². The van der Waals surface area contributed by atoms with Crippen molar-refractivity contribution in [1.82, 2.24) is 4.98 Å². The Balaban J connectivity index is 1.26. The Labute approximate surface area is 211 Å². The van der Waals surface area contributed by atoms with Crippen molar-refractivity contribution in [3.05, 3.63) is 58.1 Å². The lowest BCUT2D eigenvalue weighted by Gasteiger charge is -2.13. The predicted molar refractivity (Wildman–Crippen MR) is 138 cm³/mol. The van der Waals surface area contributed by atoms with E-state index in [0.29, 0.717) is 37.7 Å². The largest absolute Gasteiger partial charge is 0.493 e. The van der Waals surface area contributed by atoms with Crippen LogP contribution < -0.4 is 14.2 Å². The van der Waals surface area contributed by atoms with E-state index in [1.165, 1.54) is 16.0 Å². The molecule has 7 heteroatoms. The van der Waals surface area contributed by atoms with Gasteiger partial charge in [-0.05, 0) is 81.0 Å². The molecule has 0 fully saturated rings. The van der Waals surface area contributed by atoms with Crippen molar-refractivity contribution in [3.8, 4) is 27.8 Å². The minimum atomic E-state index is -0.120. The van der Waals surface area contributed by atoms with E-state index in [1.807, 2.05) is 38.1 Å². The highest BCUT2D eigenvalue weighted by Crippen LogP contribution is 2.38. The third kappa shape index (κ3) is 6.14. The summed E-state index contributed by atoms with van der Waals surface area (Å²) in [7, 11) is 1.65. The molecule has 0 saturated carbocycles. The Hall–Kier alpha value is -3.06. The molecule has 6 nitrogen and oxygen atoms in total. The molecular weight excluding hydrogens is 462 g/mol. The minimum Gasteiger partial charge on any atom is -0.493 e. The van der Waals surface area contributed by atoms with Crippen molar-refractivity contribution < 1.29 is 23.7 Å². The molecule has 4 rings (SSSR count). The molecule has 0 N–H and O–H groups in total. The number of carbonyl (C=O) groups is 1. The second-order valence-corrected chi connectivity index (χ2v) is 9.89. The van der Waals surface area contributed by atoms with E-state index in [-0.39, 0.29) is 11.9 Å². The van der Waals surface area contributed by atoms with Crippen LogP contribution in [-0.4, -0.2) is 37.9 Å². The van der Waals surface area contributed by atoms with Gasteiger partial charge in [-0.25, -0.2) is 4.98 Å². The summed E-state index contributed by atoms with van der Waals surface area (Å²) in [5, 5.41) is 0.986. The Bertz CT molecular complexity index is 1150. The van der Waals surface area contributed by atoms with Crippen molar-refractivity contribution in [2.24, 2.45) is 0 Å². The molecule has 1 aliphatic carbocycles. The van der Waals surface area contributed by atoms with Gasteiger partial charge in [0.2, 0.25) is 0 Å². The Kier molecular flexibility index (Phi) is 8.29. The topological polar surface area (TPSA) is 66.9 Å². The zero-order chi connectivity index (χ0) is 24.8. The van der Waals surface area contributed by atoms with Gasteiger partial charge in [0.15, 0.2) is 11.5 Å². The zero-order valence-electron chi connectivity index (χ0n) is 20.9. The molecule has 1 aromatic heterocycles.